The zero-order valence-corrected chi connectivity index (χ0v) is 19.8. The molecule has 0 aliphatic carbocycles. The van der Waals surface area contributed by atoms with Crippen LogP contribution >= 0.6 is 0 Å². The number of carbonyl (C=O) groups is 1. The first-order valence-corrected chi connectivity index (χ1v) is 12.7. The van der Waals surface area contributed by atoms with E-state index >= 15 is 0 Å². The Balaban J connectivity index is 3.42. The van der Waals surface area contributed by atoms with Gasteiger partial charge < -0.3 is 5.11 Å². The molecule has 0 aliphatic rings. The van der Waals surface area contributed by atoms with Crippen LogP contribution in [0.15, 0.2) is 0 Å². The minimum Gasteiger partial charge on any atom is -0.481 e. The number of hydrogen-bond acceptors (Lipinski definition) is 1. The van der Waals surface area contributed by atoms with Crippen molar-refractivity contribution in [3.8, 4) is 0 Å². The smallest absolute Gasteiger partial charge is 0.306 e. The van der Waals surface area contributed by atoms with Gasteiger partial charge in [0.15, 0.2) is 0 Å². The first kappa shape index (κ1) is 27.5. The monoisotopic (exact) mass is 396 g/mol. The summed E-state index contributed by atoms with van der Waals surface area (Å²) in [6.45, 7) is 9.15. The molecule has 0 aromatic heterocycles. The molecule has 0 rings (SSSR count). The normalized spacial score (nSPS) is 12.8. The molecular formula is C26H52O2. The number of carboxylic acids is 1. The van der Waals surface area contributed by atoms with Crippen LogP contribution in [0, 0.1) is 17.8 Å². The largest absolute Gasteiger partial charge is 0.481 e. The summed E-state index contributed by atoms with van der Waals surface area (Å²) in [6, 6.07) is 0. The van der Waals surface area contributed by atoms with Crippen molar-refractivity contribution in [3.63, 3.8) is 0 Å². The van der Waals surface area contributed by atoms with E-state index in [-0.39, 0.29) is 5.92 Å². The third-order valence-corrected chi connectivity index (χ3v) is 6.02. The van der Waals surface area contributed by atoms with Crippen LogP contribution in [0.25, 0.3) is 0 Å². The molecule has 2 nitrogen and oxygen atoms in total. The van der Waals surface area contributed by atoms with Crippen LogP contribution in [-0.2, 0) is 4.79 Å². The topological polar surface area (TPSA) is 37.3 Å². The summed E-state index contributed by atoms with van der Waals surface area (Å²) in [5.74, 6) is 0.956. The molecule has 1 unspecified atom stereocenters. The van der Waals surface area contributed by atoms with Crippen LogP contribution in [0.5, 0.6) is 0 Å². The number of unbranched alkanes of at least 4 members (excludes halogenated alkanes) is 12. The summed E-state index contributed by atoms with van der Waals surface area (Å²) in [7, 11) is 0. The molecule has 28 heavy (non-hydrogen) atoms. The highest BCUT2D eigenvalue weighted by Gasteiger charge is 2.16. The van der Waals surface area contributed by atoms with Gasteiger partial charge in [-0.1, -0.05) is 130 Å². The SMILES string of the molecule is CC(C)CCCCCCCCCCCCCC(CCCCCC(C)C)C(=O)O. The molecule has 0 aromatic rings. The maximum Gasteiger partial charge on any atom is 0.306 e. The molecule has 0 bridgehead atoms. The summed E-state index contributed by atoms with van der Waals surface area (Å²) in [5, 5.41) is 9.42. The fourth-order valence-electron chi connectivity index (χ4n) is 4.05. The maximum atomic E-state index is 11.4. The maximum absolute atomic E-state index is 11.4. The predicted octanol–water partition coefficient (Wildman–Crippen LogP) is 9.02. The highest BCUT2D eigenvalue weighted by atomic mass is 16.4. The Morgan fingerprint density at radius 3 is 1.04 bits per heavy atom. The number of rotatable bonds is 21. The van der Waals surface area contributed by atoms with Crippen LogP contribution in [0.3, 0.4) is 0 Å². The second-order valence-corrected chi connectivity index (χ2v) is 9.93. The van der Waals surface area contributed by atoms with Gasteiger partial charge in [-0.15, -0.1) is 0 Å². The van der Waals surface area contributed by atoms with E-state index in [1.165, 1.54) is 89.9 Å². The average Bonchev–Trinajstić information content (AvgIpc) is 2.62. The molecule has 0 aromatic carbocycles. The van der Waals surface area contributed by atoms with E-state index in [9.17, 15) is 9.90 Å². The summed E-state index contributed by atoms with van der Waals surface area (Å²) in [5.41, 5.74) is 0. The number of carboxylic acid groups (broad SMARTS) is 1. The van der Waals surface area contributed by atoms with Gasteiger partial charge in [0.2, 0.25) is 0 Å². The van der Waals surface area contributed by atoms with Gasteiger partial charge in [-0.05, 0) is 24.7 Å². The molecule has 0 heterocycles. The van der Waals surface area contributed by atoms with Gasteiger partial charge in [-0.25, -0.2) is 0 Å². The van der Waals surface area contributed by atoms with Crippen molar-refractivity contribution in [1.29, 1.82) is 0 Å². The van der Waals surface area contributed by atoms with Crippen LogP contribution in [0.1, 0.15) is 143 Å². The molecule has 2 heteroatoms. The van der Waals surface area contributed by atoms with Crippen LogP contribution < -0.4 is 0 Å². The Kier molecular flexibility index (Phi) is 19.4. The predicted molar refractivity (Wildman–Crippen MR) is 124 cm³/mol. The van der Waals surface area contributed by atoms with Gasteiger partial charge >= 0.3 is 5.97 Å². The fourth-order valence-corrected chi connectivity index (χ4v) is 4.05. The number of hydrogen-bond donors (Lipinski definition) is 1. The lowest BCUT2D eigenvalue weighted by Crippen LogP contribution is -2.13. The van der Waals surface area contributed by atoms with Crippen LogP contribution in [0.2, 0.25) is 0 Å². The fraction of sp³-hybridized carbons (Fsp3) is 0.962. The molecule has 1 N–H and O–H groups in total. The van der Waals surface area contributed by atoms with E-state index in [1.54, 1.807) is 0 Å². The van der Waals surface area contributed by atoms with Crippen molar-refractivity contribution < 1.29 is 9.90 Å². The summed E-state index contributed by atoms with van der Waals surface area (Å²) >= 11 is 0. The van der Waals surface area contributed by atoms with E-state index in [1.807, 2.05) is 0 Å². The minimum atomic E-state index is -0.572. The molecule has 0 aliphatic heterocycles. The first-order valence-electron chi connectivity index (χ1n) is 12.7. The standard InChI is InChI=1S/C26H52O2/c1-23(2)19-15-12-10-8-6-5-7-9-11-13-17-21-25(26(27)28)22-18-14-16-20-24(3)4/h23-25H,5-22H2,1-4H3,(H,27,28). The van der Waals surface area contributed by atoms with Gasteiger partial charge in [0, 0.05) is 0 Å². The van der Waals surface area contributed by atoms with E-state index in [0.717, 1.165) is 37.5 Å². The van der Waals surface area contributed by atoms with Crippen molar-refractivity contribution in [3.05, 3.63) is 0 Å². The van der Waals surface area contributed by atoms with E-state index < -0.39 is 5.97 Å². The summed E-state index contributed by atoms with van der Waals surface area (Å²) in [4.78, 5) is 11.4. The van der Waals surface area contributed by atoms with E-state index in [0.29, 0.717) is 0 Å². The Bertz CT molecular complexity index is 335. The van der Waals surface area contributed by atoms with Gasteiger partial charge in [0.25, 0.3) is 0 Å². The summed E-state index contributed by atoms with van der Waals surface area (Å²) < 4.78 is 0. The highest BCUT2D eigenvalue weighted by molar-refractivity contribution is 5.69. The third kappa shape index (κ3) is 20.2. The average molecular weight is 397 g/mol. The van der Waals surface area contributed by atoms with Crippen molar-refractivity contribution in [1.82, 2.24) is 0 Å². The molecule has 0 amide bonds. The van der Waals surface area contributed by atoms with Gasteiger partial charge in [0.05, 0.1) is 5.92 Å². The Morgan fingerprint density at radius 1 is 0.500 bits per heavy atom. The lowest BCUT2D eigenvalue weighted by molar-refractivity contribution is -0.142. The lowest BCUT2D eigenvalue weighted by Gasteiger charge is -2.12. The van der Waals surface area contributed by atoms with E-state index in [4.69, 9.17) is 0 Å². The van der Waals surface area contributed by atoms with Crippen LogP contribution in [0.4, 0.5) is 0 Å². The lowest BCUT2D eigenvalue weighted by atomic mass is 9.94. The molecule has 0 saturated heterocycles. The Hall–Kier alpha value is -0.530. The molecule has 0 radical (unpaired) electrons. The van der Waals surface area contributed by atoms with Crippen molar-refractivity contribution >= 4 is 5.97 Å². The minimum absolute atomic E-state index is 0.102. The van der Waals surface area contributed by atoms with Gasteiger partial charge in [0.1, 0.15) is 0 Å². The van der Waals surface area contributed by atoms with Crippen molar-refractivity contribution in [2.75, 3.05) is 0 Å². The molecule has 1 atom stereocenters. The zero-order valence-electron chi connectivity index (χ0n) is 19.8. The third-order valence-electron chi connectivity index (χ3n) is 6.02. The molecule has 0 spiro atoms. The molecular weight excluding hydrogens is 344 g/mol. The molecule has 0 fully saturated rings. The van der Waals surface area contributed by atoms with Crippen molar-refractivity contribution in [2.24, 2.45) is 17.8 Å². The highest BCUT2D eigenvalue weighted by Crippen LogP contribution is 2.20. The van der Waals surface area contributed by atoms with E-state index in [2.05, 4.69) is 27.7 Å². The van der Waals surface area contributed by atoms with Gasteiger partial charge in [-0.3, -0.25) is 4.79 Å². The summed E-state index contributed by atoms with van der Waals surface area (Å²) in [6.07, 6.45) is 22.7. The second-order valence-electron chi connectivity index (χ2n) is 9.93. The Labute approximate surface area is 177 Å². The first-order chi connectivity index (χ1) is 13.4. The zero-order chi connectivity index (χ0) is 21.0. The second kappa shape index (κ2) is 19.8. The van der Waals surface area contributed by atoms with Crippen molar-refractivity contribution in [2.45, 2.75) is 143 Å². The van der Waals surface area contributed by atoms with Gasteiger partial charge in [-0.2, -0.15) is 0 Å². The molecule has 168 valence electrons. The van der Waals surface area contributed by atoms with Crippen LogP contribution in [-0.4, -0.2) is 11.1 Å². The quantitative estimate of drug-likeness (QED) is 0.196. The Morgan fingerprint density at radius 2 is 0.750 bits per heavy atom. The number of aliphatic carboxylic acids is 1. The molecule has 0 saturated carbocycles.